The highest BCUT2D eigenvalue weighted by molar-refractivity contribution is 14.0. The average molecular weight is 561 g/mol. The van der Waals surface area contributed by atoms with Crippen LogP contribution in [0.4, 0.5) is 0 Å². The van der Waals surface area contributed by atoms with Crippen molar-refractivity contribution in [1.82, 2.24) is 15.5 Å². The third-order valence-electron chi connectivity index (χ3n) is 5.45. The normalized spacial score (nSPS) is 16.4. The van der Waals surface area contributed by atoms with E-state index < -0.39 is 9.84 Å². The van der Waals surface area contributed by atoms with E-state index in [1.165, 1.54) is 25.5 Å². The van der Waals surface area contributed by atoms with Gasteiger partial charge in [0.15, 0.2) is 15.8 Å². The zero-order chi connectivity index (χ0) is 21.4. The van der Waals surface area contributed by atoms with E-state index in [1.54, 1.807) is 25.4 Å². The van der Waals surface area contributed by atoms with Crippen LogP contribution in [0.25, 0.3) is 0 Å². The Morgan fingerprint density at radius 2 is 1.84 bits per heavy atom. The maximum absolute atomic E-state index is 11.6. The van der Waals surface area contributed by atoms with Crippen LogP contribution in [0.15, 0.2) is 57.0 Å². The number of halogens is 1. The number of guanidine groups is 1. The van der Waals surface area contributed by atoms with Gasteiger partial charge in [-0.3, -0.25) is 9.89 Å². The highest BCUT2D eigenvalue weighted by atomic mass is 127. The van der Waals surface area contributed by atoms with Crippen molar-refractivity contribution in [3.05, 3.63) is 54.0 Å². The Morgan fingerprint density at radius 3 is 2.42 bits per heavy atom. The zero-order valence-corrected chi connectivity index (χ0v) is 21.4. The molecule has 0 radical (unpaired) electrons. The standard InChI is InChI=1S/C22H32N4O3S.HI/c1-23-22(24-13-12-18-8-10-19(11-9-18)30(2,27)28)25-17-20(21-7-6-16-29-21)26-14-4-3-5-15-26;/h6-11,16,20H,3-5,12-15,17H2,1-2H3,(H2,23,24,25);1H. The van der Waals surface area contributed by atoms with Gasteiger partial charge in [0.25, 0.3) is 0 Å². The predicted octanol–water partition coefficient (Wildman–Crippen LogP) is 3.24. The summed E-state index contributed by atoms with van der Waals surface area (Å²) in [5.41, 5.74) is 1.08. The number of benzene rings is 1. The van der Waals surface area contributed by atoms with Gasteiger partial charge in [-0.15, -0.1) is 24.0 Å². The molecule has 1 aromatic heterocycles. The first-order valence-corrected chi connectivity index (χ1v) is 12.4. The molecule has 31 heavy (non-hydrogen) atoms. The molecule has 1 atom stereocenters. The lowest BCUT2D eigenvalue weighted by molar-refractivity contribution is 0.146. The van der Waals surface area contributed by atoms with E-state index in [0.29, 0.717) is 11.4 Å². The molecular formula is C22H33IN4O3S. The van der Waals surface area contributed by atoms with Crippen LogP contribution in [0, 0.1) is 0 Å². The number of furan rings is 1. The quantitative estimate of drug-likeness (QED) is 0.293. The van der Waals surface area contributed by atoms with Crippen molar-refractivity contribution in [1.29, 1.82) is 0 Å². The van der Waals surface area contributed by atoms with Gasteiger partial charge in [-0.1, -0.05) is 18.6 Å². The largest absolute Gasteiger partial charge is 0.468 e. The van der Waals surface area contributed by atoms with E-state index >= 15 is 0 Å². The fraction of sp³-hybridized carbons (Fsp3) is 0.500. The molecule has 3 rings (SSSR count). The van der Waals surface area contributed by atoms with Crippen molar-refractivity contribution >= 4 is 39.8 Å². The minimum atomic E-state index is -3.16. The third kappa shape index (κ3) is 7.80. The number of rotatable bonds is 8. The maximum atomic E-state index is 11.6. The molecule has 0 saturated carbocycles. The van der Waals surface area contributed by atoms with E-state index in [1.807, 2.05) is 24.3 Å². The van der Waals surface area contributed by atoms with Crippen LogP contribution in [0.2, 0.25) is 0 Å². The second-order valence-corrected chi connectivity index (χ2v) is 9.69. The Hall–Kier alpha value is -1.59. The molecule has 2 aromatic rings. The molecule has 172 valence electrons. The maximum Gasteiger partial charge on any atom is 0.191 e. The average Bonchev–Trinajstić information content (AvgIpc) is 3.27. The van der Waals surface area contributed by atoms with Crippen LogP contribution in [0.3, 0.4) is 0 Å². The van der Waals surface area contributed by atoms with Gasteiger partial charge >= 0.3 is 0 Å². The van der Waals surface area contributed by atoms with Gasteiger partial charge < -0.3 is 15.1 Å². The lowest BCUT2D eigenvalue weighted by Gasteiger charge is -2.33. The Labute approximate surface area is 202 Å². The van der Waals surface area contributed by atoms with Crippen LogP contribution in [0.5, 0.6) is 0 Å². The van der Waals surface area contributed by atoms with Crippen LogP contribution >= 0.6 is 24.0 Å². The molecular weight excluding hydrogens is 527 g/mol. The third-order valence-corrected chi connectivity index (χ3v) is 6.58. The van der Waals surface area contributed by atoms with Gasteiger partial charge in [0, 0.05) is 26.4 Å². The Balaban J connectivity index is 0.00000341. The molecule has 1 unspecified atom stereocenters. The van der Waals surface area contributed by atoms with Crippen molar-refractivity contribution in [3.8, 4) is 0 Å². The van der Waals surface area contributed by atoms with Gasteiger partial charge in [-0.05, 0) is 62.2 Å². The fourth-order valence-electron chi connectivity index (χ4n) is 3.76. The second kappa shape index (κ2) is 12.4. The smallest absolute Gasteiger partial charge is 0.191 e. The van der Waals surface area contributed by atoms with Crippen molar-refractivity contribution in [2.45, 2.75) is 36.6 Å². The summed E-state index contributed by atoms with van der Waals surface area (Å²) in [4.78, 5) is 7.15. The monoisotopic (exact) mass is 560 g/mol. The van der Waals surface area contributed by atoms with Crippen LogP contribution in [-0.4, -0.2) is 58.8 Å². The van der Waals surface area contributed by atoms with E-state index in [9.17, 15) is 8.42 Å². The van der Waals surface area contributed by atoms with E-state index in [0.717, 1.165) is 43.3 Å². The number of nitrogens with zero attached hydrogens (tertiary/aromatic N) is 2. The zero-order valence-electron chi connectivity index (χ0n) is 18.2. The van der Waals surface area contributed by atoms with Crippen LogP contribution < -0.4 is 10.6 Å². The van der Waals surface area contributed by atoms with Crippen LogP contribution in [0.1, 0.15) is 36.6 Å². The minimum Gasteiger partial charge on any atom is -0.468 e. The Bertz CT molecular complexity index is 909. The lowest BCUT2D eigenvalue weighted by atomic mass is 10.1. The van der Waals surface area contributed by atoms with Crippen molar-refractivity contribution in [3.63, 3.8) is 0 Å². The molecule has 0 amide bonds. The molecule has 2 N–H and O–H groups in total. The number of nitrogens with one attached hydrogen (secondary N) is 2. The molecule has 1 aromatic carbocycles. The number of hydrogen-bond acceptors (Lipinski definition) is 5. The Morgan fingerprint density at radius 1 is 1.13 bits per heavy atom. The molecule has 0 bridgehead atoms. The minimum absolute atomic E-state index is 0. The lowest BCUT2D eigenvalue weighted by Crippen LogP contribution is -2.44. The molecule has 9 heteroatoms. The highest BCUT2D eigenvalue weighted by Crippen LogP contribution is 2.24. The number of sulfone groups is 1. The summed E-state index contributed by atoms with van der Waals surface area (Å²) in [6.45, 7) is 3.59. The Kier molecular flexibility index (Phi) is 10.3. The topological polar surface area (TPSA) is 86.9 Å². The summed E-state index contributed by atoms with van der Waals surface area (Å²) in [5, 5.41) is 6.77. The summed E-state index contributed by atoms with van der Waals surface area (Å²) in [5.74, 6) is 1.72. The highest BCUT2D eigenvalue weighted by Gasteiger charge is 2.24. The first-order chi connectivity index (χ1) is 14.5. The molecule has 0 aliphatic carbocycles. The number of aliphatic imine (C=N–C) groups is 1. The molecule has 1 aliphatic heterocycles. The summed E-state index contributed by atoms with van der Waals surface area (Å²) in [7, 11) is -1.39. The molecule has 1 saturated heterocycles. The summed E-state index contributed by atoms with van der Waals surface area (Å²) in [6.07, 6.45) is 7.47. The van der Waals surface area contributed by atoms with Gasteiger partial charge in [0.2, 0.25) is 0 Å². The van der Waals surface area contributed by atoms with Gasteiger partial charge in [0.05, 0.1) is 17.2 Å². The van der Waals surface area contributed by atoms with E-state index in [4.69, 9.17) is 4.42 Å². The number of piperidine rings is 1. The molecule has 1 aliphatic rings. The first kappa shape index (κ1) is 25.7. The van der Waals surface area contributed by atoms with Crippen molar-refractivity contribution < 1.29 is 12.8 Å². The second-order valence-electron chi connectivity index (χ2n) is 7.67. The number of hydrogen-bond donors (Lipinski definition) is 2. The van der Waals surface area contributed by atoms with Gasteiger partial charge in [0.1, 0.15) is 5.76 Å². The van der Waals surface area contributed by atoms with Crippen molar-refractivity contribution in [2.24, 2.45) is 4.99 Å². The van der Waals surface area contributed by atoms with E-state index in [-0.39, 0.29) is 30.0 Å². The van der Waals surface area contributed by atoms with Gasteiger partial charge in [-0.2, -0.15) is 0 Å². The summed E-state index contributed by atoms with van der Waals surface area (Å²) in [6, 6.07) is 11.2. The molecule has 7 nitrogen and oxygen atoms in total. The molecule has 2 heterocycles. The fourth-order valence-corrected chi connectivity index (χ4v) is 4.39. The molecule has 1 fully saturated rings. The van der Waals surface area contributed by atoms with Crippen molar-refractivity contribution in [2.75, 3.05) is 39.5 Å². The summed E-state index contributed by atoms with van der Waals surface area (Å²) < 4.78 is 28.8. The molecule has 0 spiro atoms. The van der Waals surface area contributed by atoms with Gasteiger partial charge in [-0.25, -0.2) is 8.42 Å². The predicted molar refractivity (Wildman–Crippen MR) is 135 cm³/mol. The van der Waals surface area contributed by atoms with Crippen LogP contribution in [-0.2, 0) is 16.3 Å². The first-order valence-electron chi connectivity index (χ1n) is 10.5. The number of likely N-dealkylation sites (tertiary alicyclic amines) is 1. The SMILES string of the molecule is CN=C(NCCc1ccc(S(C)(=O)=O)cc1)NCC(c1ccco1)N1CCCCC1.I. The summed E-state index contributed by atoms with van der Waals surface area (Å²) >= 11 is 0. The van der Waals surface area contributed by atoms with E-state index in [2.05, 4.69) is 20.5 Å².